The van der Waals surface area contributed by atoms with Crippen molar-refractivity contribution < 1.29 is 24.2 Å². The fourth-order valence-corrected chi connectivity index (χ4v) is 2.84. The number of methoxy groups -OCH3 is 2. The minimum Gasteiger partial charge on any atom is -0.493 e. The number of hydrogen-bond acceptors (Lipinski definition) is 5. The summed E-state index contributed by atoms with van der Waals surface area (Å²) >= 11 is 0. The van der Waals surface area contributed by atoms with Crippen LogP contribution in [0, 0.1) is 0 Å². The Kier molecular flexibility index (Phi) is 6.46. The molecule has 1 fully saturated rings. The van der Waals surface area contributed by atoms with Gasteiger partial charge in [-0.05, 0) is 19.1 Å². The van der Waals surface area contributed by atoms with Crippen molar-refractivity contribution in [1.29, 1.82) is 0 Å². The number of aliphatic hydroxyl groups is 1. The molecule has 1 saturated heterocycles. The van der Waals surface area contributed by atoms with E-state index in [-0.39, 0.29) is 37.6 Å². The number of carbonyl (C=O) groups excluding carboxylic acids is 2. The lowest BCUT2D eigenvalue weighted by Crippen LogP contribution is -2.46. The van der Waals surface area contributed by atoms with Gasteiger partial charge in [0.25, 0.3) is 0 Å². The van der Waals surface area contributed by atoms with Crippen LogP contribution in [0.4, 0.5) is 10.5 Å². The summed E-state index contributed by atoms with van der Waals surface area (Å²) in [7, 11) is 3.09. The molecule has 138 valence electrons. The maximum atomic E-state index is 12.3. The fourth-order valence-electron chi connectivity index (χ4n) is 2.84. The number of nitrogens with one attached hydrogen (secondary N) is 1. The number of nitrogens with zero attached hydrogens (tertiary/aromatic N) is 2. The van der Waals surface area contributed by atoms with E-state index in [4.69, 9.17) is 14.6 Å². The van der Waals surface area contributed by atoms with E-state index in [1.54, 1.807) is 30.2 Å². The SMILES string of the molecule is CCN(CCO)C(=O)N[C@H]1CC(=O)N(c2ccc(OC)c(OC)c2)C1. The molecule has 2 rings (SSSR count). The Morgan fingerprint density at radius 3 is 2.68 bits per heavy atom. The highest BCUT2D eigenvalue weighted by Gasteiger charge is 2.32. The number of hydrogen-bond donors (Lipinski definition) is 2. The first kappa shape index (κ1) is 18.9. The molecule has 0 aliphatic carbocycles. The summed E-state index contributed by atoms with van der Waals surface area (Å²) < 4.78 is 10.5. The highest BCUT2D eigenvalue weighted by atomic mass is 16.5. The van der Waals surface area contributed by atoms with Crippen LogP contribution in [-0.2, 0) is 4.79 Å². The first-order valence-corrected chi connectivity index (χ1v) is 8.22. The van der Waals surface area contributed by atoms with Crippen LogP contribution in [0.1, 0.15) is 13.3 Å². The third-order valence-corrected chi connectivity index (χ3v) is 4.17. The number of rotatable bonds is 7. The smallest absolute Gasteiger partial charge is 0.317 e. The molecule has 1 aromatic rings. The van der Waals surface area contributed by atoms with E-state index in [0.29, 0.717) is 30.3 Å². The highest BCUT2D eigenvalue weighted by Crippen LogP contribution is 2.33. The molecule has 25 heavy (non-hydrogen) atoms. The summed E-state index contributed by atoms with van der Waals surface area (Å²) in [6.07, 6.45) is 0.233. The van der Waals surface area contributed by atoms with Crippen molar-refractivity contribution in [2.45, 2.75) is 19.4 Å². The summed E-state index contributed by atoms with van der Waals surface area (Å²) in [5, 5.41) is 11.8. The Morgan fingerprint density at radius 1 is 1.36 bits per heavy atom. The Labute approximate surface area is 147 Å². The van der Waals surface area contributed by atoms with Crippen molar-refractivity contribution in [3.63, 3.8) is 0 Å². The van der Waals surface area contributed by atoms with Crippen LogP contribution < -0.4 is 19.7 Å². The Bertz CT molecular complexity index is 622. The standard InChI is InChI=1S/C17H25N3O5/c1-4-19(7-8-21)17(23)18-12-9-16(22)20(11-12)13-5-6-14(24-2)15(10-13)25-3/h5-6,10,12,21H,4,7-9,11H2,1-3H3,(H,18,23)/t12-/m0/s1. The largest absolute Gasteiger partial charge is 0.493 e. The first-order chi connectivity index (χ1) is 12.0. The van der Waals surface area contributed by atoms with Crippen molar-refractivity contribution in [3.8, 4) is 11.5 Å². The summed E-state index contributed by atoms with van der Waals surface area (Å²) in [4.78, 5) is 27.6. The number of benzene rings is 1. The monoisotopic (exact) mass is 351 g/mol. The molecule has 0 unspecified atom stereocenters. The van der Waals surface area contributed by atoms with Gasteiger partial charge in [-0.25, -0.2) is 4.79 Å². The molecule has 1 aliphatic rings. The van der Waals surface area contributed by atoms with E-state index in [1.165, 1.54) is 12.0 Å². The predicted molar refractivity (Wildman–Crippen MR) is 93.2 cm³/mol. The minimum atomic E-state index is -0.277. The third-order valence-electron chi connectivity index (χ3n) is 4.17. The summed E-state index contributed by atoms with van der Waals surface area (Å²) in [5.74, 6) is 1.06. The van der Waals surface area contributed by atoms with Gasteiger partial charge in [-0.2, -0.15) is 0 Å². The molecule has 0 aromatic heterocycles. The molecule has 8 heteroatoms. The number of carbonyl (C=O) groups is 2. The van der Waals surface area contributed by atoms with Crippen LogP contribution in [0.3, 0.4) is 0 Å². The highest BCUT2D eigenvalue weighted by molar-refractivity contribution is 5.97. The normalized spacial score (nSPS) is 16.7. The topological polar surface area (TPSA) is 91.3 Å². The first-order valence-electron chi connectivity index (χ1n) is 8.22. The molecule has 1 atom stereocenters. The molecule has 2 N–H and O–H groups in total. The van der Waals surface area contributed by atoms with Gasteiger partial charge in [0.2, 0.25) is 5.91 Å². The van der Waals surface area contributed by atoms with E-state index in [1.807, 2.05) is 6.92 Å². The molecule has 8 nitrogen and oxygen atoms in total. The Balaban J connectivity index is 2.06. The van der Waals surface area contributed by atoms with Gasteiger partial charge in [-0.3, -0.25) is 4.79 Å². The summed E-state index contributed by atoms with van der Waals surface area (Å²) in [5.41, 5.74) is 0.696. The zero-order valence-electron chi connectivity index (χ0n) is 14.8. The lowest BCUT2D eigenvalue weighted by Gasteiger charge is -2.23. The zero-order valence-corrected chi connectivity index (χ0v) is 14.8. The van der Waals surface area contributed by atoms with Crippen LogP contribution in [0.2, 0.25) is 0 Å². The number of amides is 3. The van der Waals surface area contributed by atoms with Gasteiger partial charge in [-0.1, -0.05) is 0 Å². The van der Waals surface area contributed by atoms with Crippen LogP contribution in [-0.4, -0.2) is 68.4 Å². The van der Waals surface area contributed by atoms with E-state index < -0.39 is 0 Å². The van der Waals surface area contributed by atoms with Gasteiger partial charge < -0.3 is 29.7 Å². The number of likely N-dealkylation sites (N-methyl/N-ethyl adjacent to an activating group) is 1. The Hall–Kier alpha value is -2.48. The predicted octanol–water partition coefficient (Wildman–Crippen LogP) is 0.833. The van der Waals surface area contributed by atoms with Gasteiger partial charge in [0, 0.05) is 37.8 Å². The second-order valence-electron chi connectivity index (χ2n) is 5.70. The molecule has 1 heterocycles. The summed E-state index contributed by atoms with van der Waals surface area (Å²) in [6, 6.07) is 4.72. The number of anilines is 1. The average molecular weight is 351 g/mol. The second kappa shape index (κ2) is 8.57. The van der Waals surface area contributed by atoms with E-state index in [0.717, 1.165) is 0 Å². The molecule has 0 bridgehead atoms. The molecule has 1 aromatic carbocycles. The second-order valence-corrected chi connectivity index (χ2v) is 5.70. The molecule has 0 radical (unpaired) electrons. The van der Waals surface area contributed by atoms with E-state index in [9.17, 15) is 9.59 Å². The van der Waals surface area contributed by atoms with Crippen LogP contribution in [0.25, 0.3) is 0 Å². The molecule has 0 spiro atoms. The van der Waals surface area contributed by atoms with Crippen molar-refractivity contribution in [2.24, 2.45) is 0 Å². The zero-order chi connectivity index (χ0) is 18.4. The van der Waals surface area contributed by atoms with Crippen LogP contribution >= 0.6 is 0 Å². The van der Waals surface area contributed by atoms with Gasteiger partial charge >= 0.3 is 6.03 Å². The van der Waals surface area contributed by atoms with Gasteiger partial charge in [-0.15, -0.1) is 0 Å². The molecule has 1 aliphatic heterocycles. The van der Waals surface area contributed by atoms with E-state index in [2.05, 4.69) is 5.32 Å². The average Bonchev–Trinajstić information content (AvgIpc) is 2.98. The summed E-state index contributed by atoms with van der Waals surface area (Å²) in [6.45, 7) is 2.89. The van der Waals surface area contributed by atoms with Crippen molar-refractivity contribution >= 4 is 17.6 Å². The van der Waals surface area contributed by atoms with Gasteiger partial charge in [0.1, 0.15) is 0 Å². The molecular formula is C17H25N3O5. The van der Waals surface area contributed by atoms with Crippen molar-refractivity contribution in [1.82, 2.24) is 10.2 Å². The van der Waals surface area contributed by atoms with E-state index >= 15 is 0 Å². The van der Waals surface area contributed by atoms with Gasteiger partial charge in [0.05, 0.1) is 26.9 Å². The number of aliphatic hydroxyl groups excluding tert-OH is 1. The maximum absolute atomic E-state index is 12.3. The molecule has 3 amide bonds. The van der Waals surface area contributed by atoms with Crippen molar-refractivity contribution in [3.05, 3.63) is 18.2 Å². The number of ether oxygens (including phenoxy) is 2. The van der Waals surface area contributed by atoms with Crippen LogP contribution in [0.5, 0.6) is 11.5 Å². The fraction of sp³-hybridized carbons (Fsp3) is 0.529. The van der Waals surface area contributed by atoms with Gasteiger partial charge in [0.15, 0.2) is 11.5 Å². The number of urea groups is 1. The van der Waals surface area contributed by atoms with Crippen LogP contribution in [0.15, 0.2) is 18.2 Å². The lowest BCUT2D eigenvalue weighted by molar-refractivity contribution is -0.117. The van der Waals surface area contributed by atoms with Crippen molar-refractivity contribution in [2.75, 3.05) is 45.4 Å². The third kappa shape index (κ3) is 4.33. The quantitative estimate of drug-likeness (QED) is 0.759. The Morgan fingerprint density at radius 2 is 2.08 bits per heavy atom. The molecule has 0 saturated carbocycles. The lowest BCUT2D eigenvalue weighted by atomic mass is 10.2. The maximum Gasteiger partial charge on any atom is 0.317 e. The molecular weight excluding hydrogens is 326 g/mol. The minimum absolute atomic E-state index is 0.0669.